The van der Waals surface area contributed by atoms with Gasteiger partial charge in [-0.1, -0.05) is 53.5 Å². The summed E-state index contributed by atoms with van der Waals surface area (Å²) in [5.74, 6) is 1.72. The number of aromatic nitrogens is 2. The maximum Gasteiger partial charge on any atom is 0.224 e. The minimum absolute atomic E-state index is 0.00322. The first kappa shape index (κ1) is 23.1. The number of benzene rings is 3. The second kappa shape index (κ2) is 10.7. The Morgan fingerprint density at radius 1 is 1.00 bits per heavy atom. The number of ether oxygens (including phenoxy) is 1. The molecular formula is C26H25Cl2N3O2. The first-order valence-corrected chi connectivity index (χ1v) is 11.6. The Morgan fingerprint density at radius 2 is 1.73 bits per heavy atom. The van der Waals surface area contributed by atoms with Gasteiger partial charge in [0.1, 0.15) is 11.6 Å². The van der Waals surface area contributed by atoms with E-state index in [0.29, 0.717) is 29.6 Å². The van der Waals surface area contributed by atoms with Gasteiger partial charge < -0.3 is 14.6 Å². The van der Waals surface area contributed by atoms with Crippen molar-refractivity contribution >= 4 is 40.1 Å². The fourth-order valence-electron chi connectivity index (χ4n) is 3.80. The maximum absolute atomic E-state index is 12.3. The van der Waals surface area contributed by atoms with E-state index >= 15 is 0 Å². The van der Waals surface area contributed by atoms with Crippen LogP contribution in [0.4, 0.5) is 0 Å². The predicted molar refractivity (Wildman–Crippen MR) is 133 cm³/mol. The Kier molecular flexibility index (Phi) is 7.53. The van der Waals surface area contributed by atoms with Crippen molar-refractivity contribution in [2.45, 2.75) is 25.8 Å². The average Bonchev–Trinajstić information content (AvgIpc) is 3.17. The van der Waals surface area contributed by atoms with Crippen LogP contribution in [0.1, 0.15) is 23.4 Å². The molecule has 3 aromatic carbocycles. The van der Waals surface area contributed by atoms with E-state index in [2.05, 4.69) is 9.88 Å². The second-order valence-corrected chi connectivity index (χ2v) is 8.60. The Labute approximate surface area is 203 Å². The molecule has 1 aromatic heterocycles. The molecule has 7 heteroatoms. The average molecular weight is 482 g/mol. The number of carbonyl (C=O) groups is 1. The van der Waals surface area contributed by atoms with Gasteiger partial charge in [-0.3, -0.25) is 4.79 Å². The number of amides is 1. The van der Waals surface area contributed by atoms with Gasteiger partial charge in [-0.25, -0.2) is 4.98 Å². The normalized spacial score (nSPS) is 11.0. The predicted octanol–water partition coefficient (Wildman–Crippen LogP) is 5.69. The highest BCUT2D eigenvalue weighted by Gasteiger charge is 2.14. The van der Waals surface area contributed by atoms with Gasteiger partial charge in [0.15, 0.2) is 0 Å². The lowest BCUT2D eigenvalue weighted by atomic mass is 10.1. The van der Waals surface area contributed by atoms with Crippen LogP contribution in [0, 0.1) is 0 Å². The quantitative estimate of drug-likeness (QED) is 0.312. The molecule has 0 saturated carbocycles. The number of imidazole rings is 1. The van der Waals surface area contributed by atoms with E-state index in [0.717, 1.165) is 46.6 Å². The summed E-state index contributed by atoms with van der Waals surface area (Å²) in [5, 5.41) is 4.27. The highest BCUT2D eigenvalue weighted by Crippen LogP contribution is 2.27. The number of para-hydroxylation sites is 2. The zero-order chi connectivity index (χ0) is 23.2. The summed E-state index contributed by atoms with van der Waals surface area (Å²) in [4.78, 5) is 17.1. The van der Waals surface area contributed by atoms with Gasteiger partial charge in [0.05, 0.1) is 31.1 Å². The zero-order valence-corrected chi connectivity index (χ0v) is 19.9. The summed E-state index contributed by atoms with van der Waals surface area (Å²) in [5.41, 5.74) is 3.79. The third kappa shape index (κ3) is 5.67. The molecule has 0 saturated heterocycles. The van der Waals surface area contributed by atoms with Crippen LogP contribution in [0.5, 0.6) is 5.75 Å². The van der Waals surface area contributed by atoms with Crippen molar-refractivity contribution in [3.63, 3.8) is 0 Å². The number of hydrogen-bond acceptors (Lipinski definition) is 3. The lowest BCUT2D eigenvalue weighted by Crippen LogP contribution is -2.26. The van der Waals surface area contributed by atoms with Crippen LogP contribution in [-0.4, -0.2) is 29.1 Å². The third-order valence-corrected chi connectivity index (χ3v) is 6.24. The molecule has 1 heterocycles. The number of fused-ring (bicyclic) bond motifs is 1. The summed E-state index contributed by atoms with van der Waals surface area (Å²) in [7, 11) is 1.62. The number of hydrogen-bond donors (Lipinski definition) is 1. The number of nitrogens with zero attached hydrogens (tertiary/aromatic N) is 2. The summed E-state index contributed by atoms with van der Waals surface area (Å²) in [6.45, 7) is 1.11. The van der Waals surface area contributed by atoms with E-state index in [4.69, 9.17) is 32.9 Å². The maximum atomic E-state index is 12.3. The molecule has 0 aliphatic rings. The molecule has 170 valence electrons. The van der Waals surface area contributed by atoms with Crippen LogP contribution in [0.25, 0.3) is 11.0 Å². The van der Waals surface area contributed by atoms with Crippen LogP contribution >= 0.6 is 23.2 Å². The smallest absolute Gasteiger partial charge is 0.224 e. The first-order chi connectivity index (χ1) is 16.0. The molecule has 0 spiro atoms. The molecule has 1 amide bonds. The zero-order valence-electron chi connectivity index (χ0n) is 18.4. The number of aryl methyl sites for hydroxylation is 1. The molecule has 0 aliphatic heterocycles. The van der Waals surface area contributed by atoms with Crippen molar-refractivity contribution in [2.75, 3.05) is 13.7 Å². The van der Waals surface area contributed by atoms with Gasteiger partial charge in [0.25, 0.3) is 0 Å². The lowest BCUT2D eigenvalue weighted by molar-refractivity contribution is -0.120. The van der Waals surface area contributed by atoms with Gasteiger partial charge in [0.2, 0.25) is 5.91 Å². The summed E-state index contributed by atoms with van der Waals surface area (Å²) in [6, 6.07) is 21.1. The fraction of sp³-hybridized carbons (Fsp3) is 0.231. The van der Waals surface area contributed by atoms with E-state index < -0.39 is 0 Å². The van der Waals surface area contributed by atoms with E-state index in [1.165, 1.54) is 0 Å². The lowest BCUT2D eigenvalue weighted by Gasteiger charge is -2.12. The van der Waals surface area contributed by atoms with Crippen molar-refractivity contribution in [2.24, 2.45) is 0 Å². The number of rotatable bonds is 9. The van der Waals surface area contributed by atoms with Crippen molar-refractivity contribution in [1.82, 2.24) is 14.9 Å². The highest BCUT2D eigenvalue weighted by molar-refractivity contribution is 6.36. The number of nitrogens with one attached hydrogen (secondary N) is 1. The van der Waals surface area contributed by atoms with Crippen molar-refractivity contribution in [3.8, 4) is 5.75 Å². The molecule has 4 rings (SSSR count). The molecule has 0 atom stereocenters. The summed E-state index contributed by atoms with van der Waals surface area (Å²) >= 11 is 12.8. The van der Waals surface area contributed by atoms with Crippen LogP contribution in [-0.2, 0) is 24.2 Å². The monoisotopic (exact) mass is 481 g/mol. The molecule has 0 aliphatic carbocycles. The standard InChI is InChI=1S/C26H25Cl2N3O2/c1-33-19-13-11-18(12-14-19)16-26(32)29-15-5-10-25-30-23-8-2-3-9-24(23)31(25)17-20-21(27)6-4-7-22(20)28/h2-4,6-9,11-14H,5,10,15-17H2,1H3,(H,29,32). The minimum Gasteiger partial charge on any atom is -0.497 e. The third-order valence-electron chi connectivity index (χ3n) is 5.53. The molecule has 1 N–H and O–H groups in total. The Hall–Kier alpha value is -3.02. The Balaban J connectivity index is 1.40. The number of methoxy groups -OCH3 is 1. The molecule has 5 nitrogen and oxygen atoms in total. The second-order valence-electron chi connectivity index (χ2n) is 7.78. The Morgan fingerprint density at radius 3 is 2.45 bits per heavy atom. The van der Waals surface area contributed by atoms with E-state index in [1.807, 2.05) is 66.7 Å². The molecule has 4 aromatic rings. The van der Waals surface area contributed by atoms with Crippen molar-refractivity contribution in [3.05, 3.63) is 93.7 Å². The highest BCUT2D eigenvalue weighted by atomic mass is 35.5. The molecule has 33 heavy (non-hydrogen) atoms. The topological polar surface area (TPSA) is 56.1 Å². The fourth-order valence-corrected chi connectivity index (χ4v) is 4.32. The van der Waals surface area contributed by atoms with Crippen LogP contribution in [0.2, 0.25) is 10.0 Å². The molecular weight excluding hydrogens is 457 g/mol. The van der Waals surface area contributed by atoms with Crippen molar-refractivity contribution < 1.29 is 9.53 Å². The minimum atomic E-state index is -0.00322. The number of halogens is 2. The molecule has 0 bridgehead atoms. The van der Waals surface area contributed by atoms with Gasteiger partial charge in [-0.2, -0.15) is 0 Å². The van der Waals surface area contributed by atoms with E-state index in [9.17, 15) is 4.79 Å². The first-order valence-electron chi connectivity index (χ1n) is 10.8. The molecule has 0 unspecified atom stereocenters. The summed E-state index contributed by atoms with van der Waals surface area (Å²) in [6.07, 6.45) is 1.83. The van der Waals surface area contributed by atoms with Crippen LogP contribution in [0.15, 0.2) is 66.7 Å². The van der Waals surface area contributed by atoms with Gasteiger partial charge in [-0.15, -0.1) is 0 Å². The van der Waals surface area contributed by atoms with Crippen molar-refractivity contribution in [1.29, 1.82) is 0 Å². The van der Waals surface area contributed by atoms with Crippen LogP contribution in [0.3, 0.4) is 0 Å². The van der Waals surface area contributed by atoms with E-state index in [-0.39, 0.29) is 5.91 Å². The van der Waals surface area contributed by atoms with Gasteiger partial charge >= 0.3 is 0 Å². The summed E-state index contributed by atoms with van der Waals surface area (Å²) < 4.78 is 7.31. The van der Waals surface area contributed by atoms with Gasteiger partial charge in [-0.05, 0) is 48.4 Å². The van der Waals surface area contributed by atoms with Gasteiger partial charge in [0, 0.05) is 28.6 Å². The van der Waals surface area contributed by atoms with Crippen LogP contribution < -0.4 is 10.1 Å². The molecule has 0 fully saturated rings. The molecule has 0 radical (unpaired) electrons. The van der Waals surface area contributed by atoms with E-state index in [1.54, 1.807) is 7.11 Å². The Bertz CT molecular complexity index is 1230. The SMILES string of the molecule is COc1ccc(CC(=O)NCCCc2nc3ccccc3n2Cc2c(Cl)cccc2Cl)cc1. The largest absolute Gasteiger partial charge is 0.497 e. The number of carbonyl (C=O) groups excluding carboxylic acids is 1.